The van der Waals surface area contributed by atoms with E-state index in [0.717, 1.165) is 27.2 Å². The van der Waals surface area contributed by atoms with Gasteiger partial charge >= 0.3 is 0 Å². The molecule has 0 bridgehead atoms. The summed E-state index contributed by atoms with van der Waals surface area (Å²) in [7, 11) is 1.58. The number of hydrogen-bond donors (Lipinski definition) is 1. The van der Waals surface area contributed by atoms with E-state index in [0.29, 0.717) is 17.2 Å². The number of nitrogens with zero attached hydrogens (tertiary/aromatic N) is 1. The van der Waals surface area contributed by atoms with Gasteiger partial charge in [-0.3, -0.25) is 4.79 Å². The molecule has 0 unspecified atom stereocenters. The predicted octanol–water partition coefficient (Wildman–Crippen LogP) is 5.55. The first-order valence-electron chi connectivity index (χ1n) is 9.72. The molecule has 4 rings (SSSR count). The van der Waals surface area contributed by atoms with Crippen LogP contribution in [0, 0.1) is 0 Å². The number of rotatable bonds is 7. The van der Waals surface area contributed by atoms with Gasteiger partial charge in [-0.1, -0.05) is 31.2 Å². The number of carbonyl (C=O) groups is 1. The van der Waals surface area contributed by atoms with E-state index in [1.165, 1.54) is 5.56 Å². The number of aryl methyl sites for hydroxylation is 1. The minimum absolute atomic E-state index is 0.0833. The molecule has 4 aromatic rings. The molecule has 1 heterocycles. The summed E-state index contributed by atoms with van der Waals surface area (Å²) >= 11 is 1.61. The highest BCUT2D eigenvalue weighted by atomic mass is 32.1. The largest absolute Gasteiger partial charge is 0.495 e. The number of ether oxygens (including phenoxy) is 2. The van der Waals surface area contributed by atoms with Crippen LogP contribution in [0.2, 0.25) is 0 Å². The van der Waals surface area contributed by atoms with Gasteiger partial charge in [0.15, 0.2) is 6.61 Å². The van der Waals surface area contributed by atoms with Crippen molar-refractivity contribution in [1.82, 2.24) is 4.98 Å². The van der Waals surface area contributed by atoms with Gasteiger partial charge in [-0.15, -0.1) is 11.3 Å². The maximum atomic E-state index is 12.5. The number of anilines is 1. The Kier molecular flexibility index (Phi) is 5.95. The zero-order valence-electron chi connectivity index (χ0n) is 16.8. The second-order valence-electron chi connectivity index (χ2n) is 6.74. The smallest absolute Gasteiger partial charge is 0.262 e. The van der Waals surface area contributed by atoms with Crippen molar-refractivity contribution >= 4 is 33.1 Å². The van der Waals surface area contributed by atoms with Gasteiger partial charge in [-0.25, -0.2) is 4.98 Å². The maximum absolute atomic E-state index is 12.5. The first-order chi connectivity index (χ1) is 14.7. The van der Waals surface area contributed by atoms with Crippen molar-refractivity contribution in [3.63, 3.8) is 0 Å². The summed E-state index contributed by atoms with van der Waals surface area (Å²) in [6.45, 7) is 2.01. The molecule has 0 spiro atoms. The average molecular weight is 419 g/mol. The molecule has 1 aromatic heterocycles. The van der Waals surface area contributed by atoms with Crippen molar-refractivity contribution in [2.75, 3.05) is 19.0 Å². The van der Waals surface area contributed by atoms with E-state index in [1.54, 1.807) is 18.4 Å². The molecule has 5 nitrogen and oxygen atoms in total. The monoisotopic (exact) mass is 418 g/mol. The molecule has 0 aliphatic carbocycles. The summed E-state index contributed by atoms with van der Waals surface area (Å²) in [6, 6.07) is 21.4. The van der Waals surface area contributed by atoms with Crippen LogP contribution in [0.3, 0.4) is 0 Å². The Morgan fingerprint density at radius 1 is 1.07 bits per heavy atom. The van der Waals surface area contributed by atoms with Gasteiger partial charge in [-0.05, 0) is 54.4 Å². The fourth-order valence-corrected chi connectivity index (χ4v) is 4.05. The zero-order chi connectivity index (χ0) is 20.9. The molecule has 0 atom stereocenters. The number of amides is 1. The normalized spacial score (nSPS) is 10.7. The Balaban J connectivity index is 1.49. The van der Waals surface area contributed by atoms with Gasteiger partial charge < -0.3 is 14.8 Å². The van der Waals surface area contributed by atoms with Crippen LogP contribution in [0.15, 0.2) is 66.7 Å². The summed E-state index contributed by atoms with van der Waals surface area (Å²) in [5.41, 5.74) is 3.69. The number of thiazole rings is 1. The van der Waals surface area contributed by atoms with Gasteiger partial charge in [0, 0.05) is 5.56 Å². The van der Waals surface area contributed by atoms with E-state index in [9.17, 15) is 4.79 Å². The number of nitrogens with one attached hydrogen (secondary N) is 1. The fraction of sp³-hybridized carbons (Fsp3) is 0.167. The van der Waals surface area contributed by atoms with Gasteiger partial charge in [-0.2, -0.15) is 0 Å². The van der Waals surface area contributed by atoms with Crippen molar-refractivity contribution < 1.29 is 14.3 Å². The van der Waals surface area contributed by atoms with Crippen LogP contribution < -0.4 is 14.8 Å². The first-order valence-corrected chi connectivity index (χ1v) is 10.5. The zero-order valence-corrected chi connectivity index (χ0v) is 17.7. The molecule has 1 N–H and O–H groups in total. The third-order valence-corrected chi connectivity index (χ3v) is 5.80. The van der Waals surface area contributed by atoms with Crippen molar-refractivity contribution in [3.8, 4) is 22.1 Å². The van der Waals surface area contributed by atoms with E-state index < -0.39 is 0 Å². The standard InChI is InChI=1S/C24H22N2O3S/c1-3-16-8-11-18(12-9-16)29-15-23(27)25-20-14-17(10-13-21(20)28-2)24-26-19-6-4-5-7-22(19)30-24/h4-14H,3,15H2,1-2H3,(H,25,27). The van der Waals surface area contributed by atoms with Crippen LogP contribution >= 0.6 is 11.3 Å². The highest BCUT2D eigenvalue weighted by Gasteiger charge is 2.13. The average Bonchev–Trinajstić information content (AvgIpc) is 3.22. The summed E-state index contributed by atoms with van der Waals surface area (Å²) in [4.78, 5) is 17.2. The van der Waals surface area contributed by atoms with Gasteiger partial charge in [0.05, 0.1) is 23.0 Å². The van der Waals surface area contributed by atoms with Crippen molar-refractivity contribution in [3.05, 3.63) is 72.3 Å². The fourth-order valence-electron chi connectivity index (χ4n) is 3.09. The highest BCUT2D eigenvalue weighted by molar-refractivity contribution is 7.21. The first kappa shape index (κ1) is 19.9. The third-order valence-electron chi connectivity index (χ3n) is 4.72. The lowest BCUT2D eigenvalue weighted by Crippen LogP contribution is -2.20. The lowest BCUT2D eigenvalue weighted by Gasteiger charge is -2.12. The van der Waals surface area contributed by atoms with Crippen LogP contribution in [0.1, 0.15) is 12.5 Å². The minimum Gasteiger partial charge on any atom is -0.495 e. The molecule has 1 amide bonds. The number of para-hydroxylation sites is 1. The number of methoxy groups -OCH3 is 1. The van der Waals surface area contributed by atoms with E-state index >= 15 is 0 Å². The number of fused-ring (bicyclic) bond motifs is 1. The number of hydrogen-bond acceptors (Lipinski definition) is 5. The topological polar surface area (TPSA) is 60.5 Å². The summed E-state index contributed by atoms with van der Waals surface area (Å²) in [5, 5.41) is 3.78. The van der Waals surface area contributed by atoms with Crippen molar-refractivity contribution in [2.24, 2.45) is 0 Å². The number of carbonyl (C=O) groups excluding carboxylic acids is 1. The van der Waals surface area contributed by atoms with E-state index in [2.05, 4.69) is 17.2 Å². The maximum Gasteiger partial charge on any atom is 0.262 e. The lowest BCUT2D eigenvalue weighted by molar-refractivity contribution is -0.118. The molecule has 0 saturated carbocycles. The van der Waals surface area contributed by atoms with Crippen molar-refractivity contribution in [1.29, 1.82) is 0 Å². The minimum atomic E-state index is -0.255. The van der Waals surface area contributed by atoms with Gasteiger partial charge in [0.2, 0.25) is 0 Å². The SMILES string of the molecule is CCc1ccc(OCC(=O)Nc2cc(-c3nc4ccccc4s3)ccc2OC)cc1. The van der Waals surface area contributed by atoms with E-state index in [4.69, 9.17) is 9.47 Å². The molecule has 30 heavy (non-hydrogen) atoms. The molecule has 0 aliphatic rings. The number of benzene rings is 3. The second-order valence-corrected chi connectivity index (χ2v) is 7.77. The Bertz CT molecular complexity index is 1140. The van der Waals surface area contributed by atoms with Crippen LogP contribution in [-0.2, 0) is 11.2 Å². The quantitative estimate of drug-likeness (QED) is 0.427. The van der Waals surface area contributed by atoms with Gasteiger partial charge in [0.25, 0.3) is 5.91 Å². The molecule has 0 fully saturated rings. The Morgan fingerprint density at radius 3 is 2.60 bits per heavy atom. The van der Waals surface area contributed by atoms with Gasteiger partial charge in [0.1, 0.15) is 16.5 Å². The summed E-state index contributed by atoms with van der Waals surface area (Å²) in [5.74, 6) is 0.993. The predicted molar refractivity (Wildman–Crippen MR) is 122 cm³/mol. The molecule has 6 heteroatoms. The summed E-state index contributed by atoms with van der Waals surface area (Å²) < 4.78 is 12.1. The molecular weight excluding hydrogens is 396 g/mol. The summed E-state index contributed by atoms with van der Waals surface area (Å²) in [6.07, 6.45) is 0.964. The van der Waals surface area contributed by atoms with Crippen LogP contribution in [0.4, 0.5) is 5.69 Å². The highest BCUT2D eigenvalue weighted by Crippen LogP contribution is 2.34. The number of aromatic nitrogens is 1. The Hall–Kier alpha value is -3.38. The van der Waals surface area contributed by atoms with Crippen LogP contribution in [-0.4, -0.2) is 24.6 Å². The Labute approximate surface area is 179 Å². The lowest BCUT2D eigenvalue weighted by atomic mass is 10.2. The molecular formula is C24H22N2O3S. The second kappa shape index (κ2) is 8.97. The Morgan fingerprint density at radius 2 is 1.87 bits per heavy atom. The molecule has 152 valence electrons. The van der Waals surface area contributed by atoms with E-state index in [1.807, 2.05) is 66.7 Å². The van der Waals surface area contributed by atoms with E-state index in [-0.39, 0.29) is 12.5 Å². The molecule has 3 aromatic carbocycles. The molecule has 0 aliphatic heterocycles. The molecule has 0 saturated heterocycles. The molecule has 0 radical (unpaired) electrons. The van der Waals surface area contributed by atoms with Crippen LogP contribution in [0.5, 0.6) is 11.5 Å². The van der Waals surface area contributed by atoms with Crippen molar-refractivity contribution in [2.45, 2.75) is 13.3 Å². The third kappa shape index (κ3) is 4.44. The van der Waals surface area contributed by atoms with Crippen LogP contribution in [0.25, 0.3) is 20.8 Å².